The van der Waals surface area contributed by atoms with Crippen molar-refractivity contribution in [3.63, 3.8) is 0 Å². The van der Waals surface area contributed by atoms with Gasteiger partial charge in [-0.1, -0.05) is 6.07 Å². The van der Waals surface area contributed by atoms with Crippen LogP contribution in [0, 0.1) is 11.3 Å². The second kappa shape index (κ2) is 8.05. The Balaban J connectivity index is 1.65. The van der Waals surface area contributed by atoms with Crippen molar-refractivity contribution in [1.29, 1.82) is 5.26 Å². The number of hydrogen-bond acceptors (Lipinski definition) is 6. The maximum absolute atomic E-state index is 13.1. The number of nitrogens with zero attached hydrogens (tertiary/aromatic N) is 5. The highest BCUT2D eigenvalue weighted by atomic mass is 19.4. The minimum atomic E-state index is -4.61. The third-order valence-electron chi connectivity index (χ3n) is 4.59. The molecule has 0 aliphatic carbocycles. The largest absolute Gasteiger partial charge is 0.433 e. The number of H-pyrrole nitrogens is 1. The minimum absolute atomic E-state index is 0.00931. The Kier molecular flexibility index (Phi) is 5.36. The summed E-state index contributed by atoms with van der Waals surface area (Å²) in [5.74, 6) is 0.0122. The first kappa shape index (κ1) is 22.0. The number of fused-ring (bicyclic) bond motifs is 1. The SMILES string of the molecule is N#Cc1cnc(NCc2ccc(C(F)(F)F)nc2)nc1-c1c[nH]c2ncc(C(F)(F)F)cc12. The van der Waals surface area contributed by atoms with Gasteiger partial charge in [-0.05, 0) is 17.7 Å². The van der Waals surface area contributed by atoms with Gasteiger partial charge in [0.15, 0.2) is 0 Å². The van der Waals surface area contributed by atoms with Crippen LogP contribution in [0.25, 0.3) is 22.3 Å². The van der Waals surface area contributed by atoms with Crippen molar-refractivity contribution in [1.82, 2.24) is 24.9 Å². The number of nitrogens with one attached hydrogen (secondary N) is 2. The number of aromatic amines is 1. The van der Waals surface area contributed by atoms with Crippen molar-refractivity contribution < 1.29 is 26.3 Å². The first-order valence-corrected chi connectivity index (χ1v) is 9.14. The van der Waals surface area contributed by atoms with Gasteiger partial charge in [-0.25, -0.2) is 15.0 Å². The van der Waals surface area contributed by atoms with Gasteiger partial charge in [0.2, 0.25) is 5.95 Å². The summed E-state index contributed by atoms with van der Waals surface area (Å²) in [6.45, 7) is 0.0180. The van der Waals surface area contributed by atoms with Gasteiger partial charge in [0.05, 0.1) is 23.0 Å². The molecule has 0 saturated heterocycles. The molecule has 0 aromatic carbocycles. The van der Waals surface area contributed by atoms with Crippen molar-refractivity contribution in [2.24, 2.45) is 0 Å². The Morgan fingerprint density at radius 2 is 1.76 bits per heavy atom. The zero-order chi connectivity index (χ0) is 23.8. The summed E-state index contributed by atoms with van der Waals surface area (Å²) in [4.78, 5) is 18.1. The predicted molar refractivity (Wildman–Crippen MR) is 103 cm³/mol. The molecule has 4 aromatic rings. The molecule has 0 aliphatic heterocycles. The molecule has 13 heteroatoms. The summed E-state index contributed by atoms with van der Waals surface area (Å²) in [5.41, 5.74) is -1.13. The molecule has 0 bridgehead atoms. The number of anilines is 1. The van der Waals surface area contributed by atoms with E-state index < -0.39 is 23.6 Å². The lowest BCUT2D eigenvalue weighted by atomic mass is 10.1. The molecule has 0 radical (unpaired) electrons. The lowest BCUT2D eigenvalue weighted by Crippen LogP contribution is -2.09. The summed E-state index contributed by atoms with van der Waals surface area (Å²) < 4.78 is 77.2. The van der Waals surface area contributed by atoms with Crippen LogP contribution in [0.3, 0.4) is 0 Å². The van der Waals surface area contributed by atoms with Crippen LogP contribution in [0.2, 0.25) is 0 Å². The van der Waals surface area contributed by atoms with E-state index in [1.165, 1.54) is 18.5 Å². The van der Waals surface area contributed by atoms with Crippen LogP contribution in [-0.4, -0.2) is 24.9 Å². The molecule has 0 saturated carbocycles. The standard InChI is InChI=1S/C20H11F6N7/c21-19(22,23)12-3-13-14(9-30-17(13)29-8-12)16-11(4-27)7-32-18(33-16)31-6-10-1-2-15(28-5-10)20(24,25)26/h1-3,5,7-9H,6H2,(H,29,30)(H,31,32,33). The number of rotatable bonds is 4. The van der Waals surface area contributed by atoms with E-state index in [1.807, 2.05) is 6.07 Å². The number of halogens is 6. The van der Waals surface area contributed by atoms with Crippen molar-refractivity contribution in [3.8, 4) is 17.3 Å². The highest BCUT2D eigenvalue weighted by Crippen LogP contribution is 2.34. The fourth-order valence-electron chi connectivity index (χ4n) is 2.99. The van der Waals surface area contributed by atoms with Gasteiger partial charge in [-0.15, -0.1) is 0 Å². The summed E-state index contributed by atoms with van der Waals surface area (Å²) in [7, 11) is 0. The Bertz CT molecular complexity index is 1350. The Morgan fingerprint density at radius 3 is 2.39 bits per heavy atom. The fraction of sp³-hybridized carbons (Fsp3) is 0.150. The van der Waals surface area contributed by atoms with E-state index in [0.717, 1.165) is 18.3 Å². The highest BCUT2D eigenvalue weighted by molar-refractivity contribution is 5.94. The summed E-state index contributed by atoms with van der Waals surface area (Å²) in [6, 6.07) is 4.86. The van der Waals surface area contributed by atoms with Crippen molar-refractivity contribution in [2.45, 2.75) is 18.9 Å². The molecular formula is C20H11F6N7. The lowest BCUT2D eigenvalue weighted by Gasteiger charge is -2.09. The average molecular weight is 463 g/mol. The van der Waals surface area contributed by atoms with Crippen LogP contribution in [-0.2, 0) is 18.9 Å². The van der Waals surface area contributed by atoms with Crippen LogP contribution in [0.5, 0.6) is 0 Å². The van der Waals surface area contributed by atoms with Crippen LogP contribution in [0.4, 0.5) is 32.3 Å². The Hall–Kier alpha value is -4.21. The Labute approximate surface area is 181 Å². The first-order valence-electron chi connectivity index (χ1n) is 9.14. The molecule has 168 valence electrons. The molecule has 0 spiro atoms. The normalized spacial score (nSPS) is 12.0. The van der Waals surface area contributed by atoms with Gasteiger partial charge < -0.3 is 10.3 Å². The number of nitriles is 1. The van der Waals surface area contributed by atoms with E-state index in [0.29, 0.717) is 11.8 Å². The second-order valence-electron chi connectivity index (χ2n) is 6.79. The van der Waals surface area contributed by atoms with E-state index in [2.05, 4.69) is 30.2 Å². The van der Waals surface area contributed by atoms with Gasteiger partial charge in [0.1, 0.15) is 17.4 Å². The van der Waals surface area contributed by atoms with Crippen LogP contribution < -0.4 is 5.32 Å². The van der Waals surface area contributed by atoms with Crippen LogP contribution in [0.1, 0.15) is 22.4 Å². The first-order chi connectivity index (χ1) is 15.6. The van der Waals surface area contributed by atoms with Gasteiger partial charge >= 0.3 is 12.4 Å². The summed E-state index contributed by atoms with van der Waals surface area (Å²) in [5, 5.41) is 12.3. The molecule has 7 nitrogen and oxygen atoms in total. The van der Waals surface area contributed by atoms with E-state index in [-0.39, 0.29) is 40.3 Å². The monoisotopic (exact) mass is 463 g/mol. The molecule has 0 unspecified atom stereocenters. The highest BCUT2D eigenvalue weighted by Gasteiger charge is 2.32. The molecule has 0 fully saturated rings. The lowest BCUT2D eigenvalue weighted by molar-refractivity contribution is -0.141. The van der Waals surface area contributed by atoms with Gasteiger partial charge in [0, 0.05) is 36.1 Å². The smallest absolute Gasteiger partial charge is 0.350 e. The number of pyridine rings is 2. The van der Waals surface area contributed by atoms with Crippen LogP contribution >= 0.6 is 0 Å². The molecule has 4 rings (SSSR count). The van der Waals surface area contributed by atoms with E-state index in [1.54, 1.807) is 0 Å². The van der Waals surface area contributed by atoms with E-state index in [4.69, 9.17) is 0 Å². The third-order valence-corrected chi connectivity index (χ3v) is 4.59. The molecule has 0 aliphatic rings. The maximum atomic E-state index is 13.1. The number of hydrogen-bond donors (Lipinski definition) is 2. The number of alkyl halides is 6. The molecular weight excluding hydrogens is 452 g/mol. The van der Waals surface area contributed by atoms with Crippen molar-refractivity contribution in [3.05, 3.63) is 65.4 Å². The second-order valence-corrected chi connectivity index (χ2v) is 6.79. The molecule has 2 N–H and O–H groups in total. The fourth-order valence-corrected chi connectivity index (χ4v) is 2.99. The zero-order valence-corrected chi connectivity index (χ0v) is 16.3. The predicted octanol–water partition coefficient (Wildman–Crippen LogP) is 4.94. The quantitative estimate of drug-likeness (QED) is 0.416. The number of aromatic nitrogens is 5. The molecule has 0 atom stereocenters. The minimum Gasteiger partial charge on any atom is -0.350 e. The molecule has 33 heavy (non-hydrogen) atoms. The molecule has 4 heterocycles. The van der Waals surface area contributed by atoms with E-state index in [9.17, 15) is 31.6 Å². The van der Waals surface area contributed by atoms with Gasteiger partial charge in [-0.3, -0.25) is 4.98 Å². The topological polar surface area (TPSA) is 103 Å². The third kappa shape index (κ3) is 4.54. The Morgan fingerprint density at radius 1 is 0.970 bits per heavy atom. The maximum Gasteiger partial charge on any atom is 0.433 e. The van der Waals surface area contributed by atoms with E-state index >= 15 is 0 Å². The van der Waals surface area contributed by atoms with Crippen molar-refractivity contribution in [2.75, 3.05) is 5.32 Å². The zero-order valence-electron chi connectivity index (χ0n) is 16.3. The molecule has 4 aromatic heterocycles. The van der Waals surface area contributed by atoms with Gasteiger partial charge in [-0.2, -0.15) is 31.6 Å². The van der Waals surface area contributed by atoms with Gasteiger partial charge in [0.25, 0.3) is 0 Å². The summed E-state index contributed by atoms with van der Waals surface area (Å²) >= 11 is 0. The average Bonchev–Trinajstić information content (AvgIpc) is 3.20. The van der Waals surface area contributed by atoms with Crippen LogP contribution in [0.15, 0.2) is 43.0 Å². The summed E-state index contributed by atoms with van der Waals surface area (Å²) in [6.07, 6.45) is -4.86. The molecule has 0 amide bonds. The van der Waals surface area contributed by atoms with Crippen molar-refractivity contribution >= 4 is 17.0 Å².